The SMILES string of the molecule is CC(C)=CCC[C@](C)(O[C@H]1O[C@H](CO[C@@H]2OC[C@@H](O)[C@H](O)[C@H]2O)[C@@H](O)[C@H](O)[C@H]1O)[C@H]1CC[C@]2(C)C1[C@H](O)CC1[C@@]3(C)CC[C@H](O)C(C)(C)[C@@H]3[C@@H](O[C@@H]3O[C@H](CO)[C@@H](O)[C@H](O)[C@H]3O[C@@H]3O[C@H](CO)[C@@H](O)[C@H](O)[C@H]3O)C[C@]12C. The highest BCUT2D eigenvalue weighted by Gasteiger charge is 2.74. The Labute approximate surface area is 444 Å². The van der Waals surface area contributed by atoms with Gasteiger partial charge in [0, 0.05) is 0 Å². The topological polar surface area (TPSA) is 377 Å². The molecule has 0 bridgehead atoms. The van der Waals surface area contributed by atoms with Crippen LogP contribution >= 0.6 is 0 Å². The van der Waals surface area contributed by atoms with Crippen molar-refractivity contribution < 1.29 is 114 Å². The lowest BCUT2D eigenvalue weighted by molar-refractivity contribution is -0.383. The van der Waals surface area contributed by atoms with E-state index >= 15 is 0 Å². The Morgan fingerprint density at radius 1 is 0.618 bits per heavy atom. The molecule has 0 aromatic rings. The molecular formula is C53H90O23. The van der Waals surface area contributed by atoms with E-state index in [-0.39, 0.29) is 12.5 Å². The van der Waals surface area contributed by atoms with E-state index in [4.69, 9.17) is 37.9 Å². The summed E-state index contributed by atoms with van der Waals surface area (Å²) in [5.74, 6) is -1.46. The van der Waals surface area contributed by atoms with Crippen molar-refractivity contribution in [3.63, 3.8) is 0 Å². The Morgan fingerprint density at radius 3 is 1.83 bits per heavy atom. The standard InChI is InChI=1S/C53H90O23/c1-22(2)10-9-13-53(8,76-47-42(68)38(64)36(62)29(74-47)21-70-45-40(66)33(59)25(57)20-69-45)23-11-15-51(6)32(23)24(56)16-30-50(5)14-12-31(58)49(3,4)44(50)26(17-52(30,51)7)71-48-43(39(65)35(61)28(19-55)73-48)75-46-41(67)37(63)34(60)27(18-54)72-46/h10,23-48,54-68H,9,11-21H2,1-8H3/t23-,24+,25+,26-,27+,28+,29+,30?,31-,32?,33-,34+,35+,36+,37-,38-,39-,40+,41+,42+,43+,44-,45-,46-,47+,48+,50+,51+,52+,53-/m0/s1. The molecule has 23 nitrogen and oxygen atoms in total. The molecule has 30 atom stereocenters. The maximum Gasteiger partial charge on any atom is 0.187 e. The van der Waals surface area contributed by atoms with Gasteiger partial charge in [0.2, 0.25) is 0 Å². The summed E-state index contributed by atoms with van der Waals surface area (Å²) in [6.07, 6.45) is -27.4. The maximum atomic E-state index is 12.9. The van der Waals surface area contributed by atoms with Crippen LogP contribution in [-0.2, 0) is 37.9 Å². The van der Waals surface area contributed by atoms with Gasteiger partial charge in [-0.25, -0.2) is 0 Å². The molecule has 8 rings (SSSR count). The maximum absolute atomic E-state index is 12.9. The lowest BCUT2D eigenvalue weighted by Gasteiger charge is -2.72. The van der Waals surface area contributed by atoms with Crippen molar-refractivity contribution in [1.82, 2.24) is 0 Å². The highest BCUT2D eigenvalue weighted by molar-refractivity contribution is 5.22. The number of ether oxygens (including phenoxy) is 8. The Hall–Kier alpha value is -1.18. The first kappa shape index (κ1) is 60.9. The summed E-state index contributed by atoms with van der Waals surface area (Å²) in [5, 5.41) is 165. The summed E-state index contributed by atoms with van der Waals surface area (Å²) in [6.45, 7) is 14.0. The summed E-state index contributed by atoms with van der Waals surface area (Å²) in [7, 11) is 0. The molecule has 2 unspecified atom stereocenters. The van der Waals surface area contributed by atoms with Gasteiger partial charge in [0.1, 0.15) is 91.6 Å². The zero-order valence-electron chi connectivity index (χ0n) is 45.0. The van der Waals surface area contributed by atoms with E-state index in [2.05, 4.69) is 26.8 Å². The van der Waals surface area contributed by atoms with Crippen molar-refractivity contribution in [3.8, 4) is 0 Å². The molecule has 4 aliphatic carbocycles. The molecular weight excluding hydrogens is 1000 g/mol. The summed E-state index contributed by atoms with van der Waals surface area (Å²) >= 11 is 0. The second-order valence-electron chi connectivity index (χ2n) is 25.5. The zero-order chi connectivity index (χ0) is 55.9. The van der Waals surface area contributed by atoms with Gasteiger partial charge in [-0.2, -0.15) is 0 Å². The van der Waals surface area contributed by atoms with Crippen LogP contribution in [0.5, 0.6) is 0 Å². The minimum atomic E-state index is -1.88. The predicted molar refractivity (Wildman–Crippen MR) is 262 cm³/mol. The van der Waals surface area contributed by atoms with Crippen LogP contribution in [0.4, 0.5) is 0 Å². The van der Waals surface area contributed by atoms with Gasteiger partial charge in [-0.1, -0.05) is 46.3 Å². The summed E-state index contributed by atoms with van der Waals surface area (Å²) < 4.78 is 49.5. The summed E-state index contributed by atoms with van der Waals surface area (Å²) in [4.78, 5) is 0. The first-order valence-corrected chi connectivity index (χ1v) is 27.4. The third-order valence-electron chi connectivity index (χ3n) is 20.4. The fraction of sp³-hybridized carbons (Fsp3) is 0.962. The molecule has 0 spiro atoms. The van der Waals surface area contributed by atoms with Crippen molar-refractivity contribution in [2.45, 2.75) is 247 Å². The highest BCUT2D eigenvalue weighted by Crippen LogP contribution is 2.76. The number of aliphatic hydroxyl groups excluding tert-OH is 15. The Bertz CT molecular complexity index is 1980. The molecule has 4 saturated carbocycles. The van der Waals surface area contributed by atoms with Crippen LogP contribution in [0.1, 0.15) is 107 Å². The van der Waals surface area contributed by atoms with Crippen LogP contribution in [0.3, 0.4) is 0 Å². The highest BCUT2D eigenvalue weighted by atomic mass is 16.8. The van der Waals surface area contributed by atoms with Gasteiger partial charge < -0.3 is 114 Å². The molecule has 4 heterocycles. The fourth-order valence-corrected chi connectivity index (χ4v) is 16.0. The first-order valence-electron chi connectivity index (χ1n) is 27.4. The third kappa shape index (κ3) is 10.5. The normalized spacial score (nSPS) is 53.2. The monoisotopic (exact) mass is 1090 g/mol. The summed E-state index contributed by atoms with van der Waals surface area (Å²) in [6, 6.07) is 0. The quantitative estimate of drug-likeness (QED) is 0.0591. The van der Waals surface area contributed by atoms with Crippen molar-refractivity contribution >= 4 is 0 Å². The molecule has 0 amide bonds. The van der Waals surface area contributed by atoms with Crippen LogP contribution in [0.15, 0.2) is 11.6 Å². The van der Waals surface area contributed by atoms with Crippen molar-refractivity contribution in [1.29, 1.82) is 0 Å². The van der Waals surface area contributed by atoms with Crippen molar-refractivity contribution in [2.75, 3.05) is 26.4 Å². The Kier molecular flexibility index (Phi) is 18.3. The van der Waals surface area contributed by atoms with Gasteiger partial charge in [0.15, 0.2) is 25.2 Å². The Balaban J connectivity index is 1.12. The largest absolute Gasteiger partial charge is 0.394 e. The molecule has 8 fully saturated rings. The average molecular weight is 1100 g/mol. The van der Waals surface area contributed by atoms with Gasteiger partial charge in [-0.05, 0) is 117 Å². The first-order chi connectivity index (χ1) is 35.5. The molecule has 76 heavy (non-hydrogen) atoms. The van der Waals surface area contributed by atoms with E-state index < -0.39 is 200 Å². The van der Waals surface area contributed by atoms with Crippen LogP contribution < -0.4 is 0 Å². The second kappa shape index (κ2) is 22.9. The molecule has 23 heteroatoms. The van der Waals surface area contributed by atoms with Gasteiger partial charge in [-0.3, -0.25) is 0 Å². The molecule has 0 aromatic heterocycles. The number of aliphatic hydroxyl groups is 15. The Morgan fingerprint density at radius 2 is 1.20 bits per heavy atom. The lowest BCUT2D eigenvalue weighted by atomic mass is 9.34. The van der Waals surface area contributed by atoms with Gasteiger partial charge >= 0.3 is 0 Å². The van der Waals surface area contributed by atoms with E-state index in [1.54, 1.807) is 0 Å². The van der Waals surface area contributed by atoms with Crippen LogP contribution in [0, 0.1) is 45.3 Å². The second-order valence-corrected chi connectivity index (χ2v) is 25.5. The van der Waals surface area contributed by atoms with E-state index in [1.807, 2.05) is 34.6 Å². The summed E-state index contributed by atoms with van der Waals surface area (Å²) in [5.41, 5.74) is -2.92. The molecule has 15 N–H and O–H groups in total. The average Bonchev–Trinajstić information content (AvgIpc) is 3.77. The van der Waals surface area contributed by atoms with Gasteiger partial charge in [0.25, 0.3) is 0 Å². The fourth-order valence-electron chi connectivity index (χ4n) is 16.0. The van der Waals surface area contributed by atoms with Crippen LogP contribution in [0.2, 0.25) is 0 Å². The molecule has 0 radical (unpaired) electrons. The van der Waals surface area contributed by atoms with E-state index in [0.29, 0.717) is 51.4 Å². The number of hydrogen-bond donors (Lipinski definition) is 15. The molecule has 440 valence electrons. The molecule has 8 aliphatic rings. The molecule has 4 saturated heterocycles. The van der Waals surface area contributed by atoms with Crippen molar-refractivity contribution in [2.24, 2.45) is 45.3 Å². The van der Waals surface area contributed by atoms with Gasteiger partial charge in [-0.15, -0.1) is 0 Å². The minimum absolute atomic E-state index is 0.160. The van der Waals surface area contributed by atoms with Crippen LogP contribution in [-0.4, -0.2) is 244 Å². The number of fused-ring (bicyclic) bond motifs is 5. The number of allylic oxidation sites excluding steroid dienone is 2. The zero-order valence-corrected chi connectivity index (χ0v) is 45.0. The van der Waals surface area contributed by atoms with E-state index in [1.165, 1.54) is 0 Å². The van der Waals surface area contributed by atoms with Crippen molar-refractivity contribution in [3.05, 3.63) is 11.6 Å². The predicted octanol–water partition coefficient (Wildman–Crippen LogP) is -2.59. The van der Waals surface area contributed by atoms with E-state index in [9.17, 15) is 76.6 Å². The molecule has 4 aliphatic heterocycles. The molecule has 0 aromatic carbocycles. The lowest BCUT2D eigenvalue weighted by Crippen LogP contribution is -2.71. The minimum Gasteiger partial charge on any atom is -0.394 e. The van der Waals surface area contributed by atoms with Crippen LogP contribution in [0.25, 0.3) is 0 Å². The van der Waals surface area contributed by atoms with E-state index in [0.717, 1.165) is 5.57 Å². The third-order valence-corrected chi connectivity index (χ3v) is 20.4. The van der Waals surface area contributed by atoms with Gasteiger partial charge in [0.05, 0.1) is 50.3 Å². The number of hydrogen-bond acceptors (Lipinski definition) is 23. The smallest absolute Gasteiger partial charge is 0.187 e. The number of rotatable bonds is 15.